The molecule has 25 heavy (non-hydrogen) atoms. The molecule has 0 unspecified atom stereocenters. The van der Waals surface area contributed by atoms with E-state index in [1.807, 2.05) is 53.5 Å². The fraction of sp³-hybridized carbons (Fsp3) is 0.263. The van der Waals surface area contributed by atoms with Crippen molar-refractivity contribution in [3.8, 4) is 5.75 Å². The van der Waals surface area contributed by atoms with Crippen LogP contribution in [0.5, 0.6) is 5.75 Å². The molecule has 0 saturated carbocycles. The smallest absolute Gasteiger partial charge is 0.124 e. The van der Waals surface area contributed by atoms with Crippen molar-refractivity contribution in [2.75, 3.05) is 6.54 Å². The minimum absolute atomic E-state index is 0.488. The largest absolute Gasteiger partial charge is 0.489 e. The van der Waals surface area contributed by atoms with Crippen LogP contribution in [0, 0.1) is 0 Å². The van der Waals surface area contributed by atoms with Gasteiger partial charge in [-0.25, -0.2) is 0 Å². The van der Waals surface area contributed by atoms with E-state index in [4.69, 9.17) is 16.3 Å². The number of halogens is 1. The second kappa shape index (κ2) is 9.20. The molecule has 6 heteroatoms. The maximum atomic E-state index is 6.14. The molecule has 0 aliphatic heterocycles. The second-order valence-electron chi connectivity index (χ2n) is 5.70. The Morgan fingerprint density at radius 1 is 1.16 bits per heavy atom. The molecule has 0 amide bonds. The highest BCUT2D eigenvalue weighted by Crippen LogP contribution is 2.23. The minimum atomic E-state index is 0.488. The maximum Gasteiger partial charge on any atom is 0.124 e. The van der Waals surface area contributed by atoms with Crippen molar-refractivity contribution in [2.24, 2.45) is 0 Å². The summed E-state index contributed by atoms with van der Waals surface area (Å²) in [6.45, 7) is 3.00. The van der Waals surface area contributed by atoms with Crippen molar-refractivity contribution < 1.29 is 4.74 Å². The molecule has 0 aliphatic carbocycles. The molecule has 2 aromatic heterocycles. The van der Waals surface area contributed by atoms with Crippen molar-refractivity contribution in [3.05, 3.63) is 77.3 Å². The molecule has 5 nitrogen and oxygen atoms in total. The molecule has 0 spiro atoms. The van der Waals surface area contributed by atoms with Crippen molar-refractivity contribution in [1.29, 1.82) is 0 Å². The van der Waals surface area contributed by atoms with Crippen LogP contribution >= 0.6 is 11.6 Å². The summed E-state index contributed by atoms with van der Waals surface area (Å²) in [6, 6.07) is 11.5. The van der Waals surface area contributed by atoms with E-state index in [1.54, 1.807) is 12.4 Å². The highest BCUT2D eigenvalue weighted by atomic mass is 35.5. The average molecular weight is 357 g/mol. The quantitative estimate of drug-likeness (QED) is 0.594. The van der Waals surface area contributed by atoms with Gasteiger partial charge in [0.15, 0.2) is 0 Å². The first-order chi connectivity index (χ1) is 12.3. The molecule has 0 aliphatic rings. The SMILES string of the molecule is Clc1ccc(OCc2cccnc2)c(CNCCCn2cccn2)c1. The monoisotopic (exact) mass is 356 g/mol. The summed E-state index contributed by atoms with van der Waals surface area (Å²) in [5.41, 5.74) is 2.09. The van der Waals surface area contributed by atoms with E-state index in [-0.39, 0.29) is 0 Å². The van der Waals surface area contributed by atoms with Crippen LogP contribution in [-0.4, -0.2) is 21.3 Å². The summed E-state index contributed by atoms with van der Waals surface area (Å²) in [4.78, 5) is 4.10. The topological polar surface area (TPSA) is 52.0 Å². The zero-order valence-electron chi connectivity index (χ0n) is 13.9. The number of aromatic nitrogens is 3. The van der Waals surface area contributed by atoms with E-state index >= 15 is 0 Å². The van der Waals surface area contributed by atoms with Gasteiger partial charge in [0.1, 0.15) is 12.4 Å². The van der Waals surface area contributed by atoms with E-state index in [1.165, 1.54) is 0 Å². The lowest BCUT2D eigenvalue weighted by molar-refractivity contribution is 0.301. The number of nitrogens with one attached hydrogen (secondary N) is 1. The normalized spacial score (nSPS) is 10.8. The molecule has 1 aromatic carbocycles. The molecule has 0 bridgehead atoms. The maximum absolute atomic E-state index is 6.14. The minimum Gasteiger partial charge on any atom is -0.489 e. The van der Waals surface area contributed by atoms with Crippen LogP contribution in [0.2, 0.25) is 5.02 Å². The number of hydrogen-bond donors (Lipinski definition) is 1. The third-order valence-electron chi connectivity index (χ3n) is 3.76. The molecule has 0 fully saturated rings. The molecule has 0 radical (unpaired) electrons. The Morgan fingerprint density at radius 2 is 2.12 bits per heavy atom. The number of pyridine rings is 1. The van der Waals surface area contributed by atoms with Gasteiger partial charge < -0.3 is 10.1 Å². The lowest BCUT2D eigenvalue weighted by atomic mass is 10.2. The summed E-state index contributed by atoms with van der Waals surface area (Å²) >= 11 is 6.14. The zero-order valence-corrected chi connectivity index (χ0v) is 14.7. The number of aryl methyl sites for hydroxylation is 1. The lowest BCUT2D eigenvalue weighted by Gasteiger charge is -2.13. The summed E-state index contributed by atoms with van der Waals surface area (Å²) in [7, 11) is 0. The summed E-state index contributed by atoms with van der Waals surface area (Å²) < 4.78 is 7.88. The average Bonchev–Trinajstić information content (AvgIpc) is 3.15. The van der Waals surface area contributed by atoms with Gasteiger partial charge >= 0.3 is 0 Å². The Bertz CT molecular complexity index is 762. The fourth-order valence-corrected chi connectivity index (χ4v) is 2.69. The van der Waals surface area contributed by atoms with Crippen molar-refractivity contribution in [1.82, 2.24) is 20.1 Å². The Labute approximate surface area is 152 Å². The van der Waals surface area contributed by atoms with Crippen molar-refractivity contribution in [2.45, 2.75) is 26.1 Å². The Hall–Kier alpha value is -2.37. The van der Waals surface area contributed by atoms with Crippen LogP contribution in [0.1, 0.15) is 17.5 Å². The van der Waals surface area contributed by atoms with Crippen LogP contribution < -0.4 is 10.1 Å². The standard InChI is InChI=1S/C19H21ClN4O/c20-18-5-6-19(25-15-16-4-1-7-21-13-16)17(12-18)14-22-8-2-10-24-11-3-9-23-24/h1,3-7,9,11-13,22H,2,8,10,14-15H2. The third kappa shape index (κ3) is 5.59. The summed E-state index contributed by atoms with van der Waals surface area (Å²) in [6.07, 6.45) is 8.34. The summed E-state index contributed by atoms with van der Waals surface area (Å²) in [5, 5.41) is 8.35. The third-order valence-corrected chi connectivity index (χ3v) is 3.99. The number of benzene rings is 1. The van der Waals surface area contributed by atoms with Gasteiger partial charge in [0.05, 0.1) is 0 Å². The molecule has 130 valence electrons. The molecule has 2 heterocycles. The van der Waals surface area contributed by atoms with E-state index in [2.05, 4.69) is 15.4 Å². The fourth-order valence-electron chi connectivity index (χ4n) is 2.49. The van der Waals surface area contributed by atoms with E-state index in [0.717, 1.165) is 36.4 Å². The van der Waals surface area contributed by atoms with Gasteiger partial charge in [0.2, 0.25) is 0 Å². The van der Waals surface area contributed by atoms with Crippen LogP contribution in [0.3, 0.4) is 0 Å². The van der Waals surface area contributed by atoms with Crippen molar-refractivity contribution in [3.63, 3.8) is 0 Å². The Morgan fingerprint density at radius 3 is 2.92 bits per heavy atom. The molecule has 0 saturated heterocycles. The predicted octanol–water partition coefficient (Wildman–Crippen LogP) is 3.69. The molecular weight excluding hydrogens is 336 g/mol. The van der Waals surface area contributed by atoms with Crippen LogP contribution in [-0.2, 0) is 19.7 Å². The highest BCUT2D eigenvalue weighted by molar-refractivity contribution is 6.30. The zero-order chi connectivity index (χ0) is 17.3. The first-order valence-electron chi connectivity index (χ1n) is 8.29. The number of hydrogen-bond acceptors (Lipinski definition) is 4. The van der Waals surface area contributed by atoms with Gasteiger partial charge in [-0.2, -0.15) is 5.10 Å². The van der Waals surface area contributed by atoms with E-state index < -0.39 is 0 Å². The Kier molecular flexibility index (Phi) is 6.42. The van der Waals surface area contributed by atoms with Gasteiger partial charge in [-0.1, -0.05) is 17.7 Å². The molecule has 1 N–H and O–H groups in total. The summed E-state index contributed by atoms with van der Waals surface area (Å²) in [5.74, 6) is 0.841. The van der Waals surface area contributed by atoms with Crippen LogP contribution in [0.25, 0.3) is 0 Å². The molecular formula is C19H21ClN4O. The van der Waals surface area contributed by atoms with Gasteiger partial charge in [0, 0.05) is 54.0 Å². The van der Waals surface area contributed by atoms with Gasteiger partial charge in [-0.3, -0.25) is 9.67 Å². The van der Waals surface area contributed by atoms with Crippen LogP contribution in [0.15, 0.2) is 61.2 Å². The van der Waals surface area contributed by atoms with Crippen molar-refractivity contribution >= 4 is 11.6 Å². The van der Waals surface area contributed by atoms with Gasteiger partial charge in [0.25, 0.3) is 0 Å². The lowest BCUT2D eigenvalue weighted by Crippen LogP contribution is -2.17. The molecule has 3 aromatic rings. The van der Waals surface area contributed by atoms with E-state index in [9.17, 15) is 0 Å². The van der Waals surface area contributed by atoms with Gasteiger partial charge in [-0.15, -0.1) is 0 Å². The first kappa shape index (κ1) is 17.5. The molecule has 0 atom stereocenters. The number of rotatable bonds is 9. The van der Waals surface area contributed by atoms with Gasteiger partial charge in [-0.05, 0) is 43.3 Å². The Balaban J connectivity index is 1.50. The van der Waals surface area contributed by atoms with Crippen LogP contribution in [0.4, 0.5) is 0 Å². The number of nitrogens with zero attached hydrogens (tertiary/aromatic N) is 3. The highest BCUT2D eigenvalue weighted by Gasteiger charge is 2.05. The first-order valence-corrected chi connectivity index (χ1v) is 8.67. The number of ether oxygens (including phenoxy) is 1. The predicted molar refractivity (Wildman–Crippen MR) is 98.6 cm³/mol. The van der Waals surface area contributed by atoms with E-state index in [0.29, 0.717) is 18.2 Å². The molecule has 3 rings (SSSR count). The second-order valence-corrected chi connectivity index (χ2v) is 6.14.